The molecule has 8 nitrogen and oxygen atoms in total. The first kappa shape index (κ1) is 28.3. The highest BCUT2D eigenvalue weighted by atomic mass is 35.5. The minimum absolute atomic E-state index is 0. The fourth-order valence-corrected chi connectivity index (χ4v) is 4.80. The fourth-order valence-electron chi connectivity index (χ4n) is 4.80. The number of para-hydroxylation sites is 1. The van der Waals surface area contributed by atoms with E-state index < -0.39 is 0 Å². The summed E-state index contributed by atoms with van der Waals surface area (Å²) in [6.45, 7) is 5.42. The lowest BCUT2D eigenvalue weighted by Gasteiger charge is -2.24. The van der Waals surface area contributed by atoms with Crippen molar-refractivity contribution in [2.24, 2.45) is 5.92 Å². The van der Waals surface area contributed by atoms with Crippen LogP contribution in [0, 0.1) is 5.92 Å². The highest BCUT2D eigenvalue weighted by Crippen LogP contribution is 2.33. The molecule has 0 bridgehead atoms. The molecule has 3 aromatic rings. The molecule has 3 aromatic carbocycles. The Morgan fingerprint density at radius 3 is 2.21 bits per heavy atom. The molecule has 0 unspecified atom stereocenters. The Bertz CT molecular complexity index is 1280. The summed E-state index contributed by atoms with van der Waals surface area (Å²) in [5, 5.41) is 16.0. The van der Waals surface area contributed by atoms with Crippen molar-refractivity contribution in [2.45, 2.75) is 19.3 Å². The number of hydrogen-bond acceptors (Lipinski definition) is 6. The smallest absolute Gasteiger partial charge is 0.255 e. The zero-order valence-electron chi connectivity index (χ0n) is 22.1. The Hall–Kier alpha value is -3.75. The van der Waals surface area contributed by atoms with E-state index in [2.05, 4.69) is 20.4 Å². The second-order valence-electron chi connectivity index (χ2n) is 9.97. The molecular formula is C30H35ClN4O4. The number of carbonyl (C=O) groups is 2. The van der Waals surface area contributed by atoms with Crippen LogP contribution in [0.25, 0.3) is 0 Å². The van der Waals surface area contributed by atoms with Crippen LogP contribution in [-0.2, 0) is 0 Å². The first-order chi connectivity index (χ1) is 18.5. The van der Waals surface area contributed by atoms with Crippen LogP contribution in [-0.4, -0.2) is 61.7 Å². The minimum Gasteiger partial charge on any atom is -0.506 e. The number of methoxy groups -OCH3 is 1. The van der Waals surface area contributed by atoms with Crippen molar-refractivity contribution in [2.75, 3.05) is 55.4 Å². The van der Waals surface area contributed by atoms with Gasteiger partial charge in [0, 0.05) is 43.0 Å². The van der Waals surface area contributed by atoms with Gasteiger partial charge in [-0.1, -0.05) is 6.07 Å². The maximum Gasteiger partial charge on any atom is 0.255 e. The summed E-state index contributed by atoms with van der Waals surface area (Å²) in [5.41, 5.74) is 2.44. The molecule has 1 aliphatic carbocycles. The van der Waals surface area contributed by atoms with Crippen molar-refractivity contribution in [3.05, 3.63) is 77.9 Å². The molecule has 2 fully saturated rings. The van der Waals surface area contributed by atoms with E-state index in [1.165, 1.54) is 25.5 Å². The molecule has 0 spiro atoms. The van der Waals surface area contributed by atoms with Gasteiger partial charge in [-0.05, 0) is 92.4 Å². The average Bonchev–Trinajstić information content (AvgIpc) is 3.78. The predicted octanol–water partition coefficient (Wildman–Crippen LogP) is 5.25. The number of aromatic hydroxyl groups is 1. The predicted molar refractivity (Wildman–Crippen MR) is 157 cm³/mol. The van der Waals surface area contributed by atoms with E-state index in [0.717, 1.165) is 44.2 Å². The molecule has 1 heterocycles. The zero-order valence-corrected chi connectivity index (χ0v) is 22.9. The number of ether oxygens (including phenoxy) is 1. The number of phenolic OH excluding ortho intramolecular Hbond substituents is 1. The number of benzene rings is 3. The number of carbonyl (C=O) groups excluding carboxylic acids is 2. The van der Waals surface area contributed by atoms with Crippen LogP contribution >= 0.6 is 12.4 Å². The number of nitrogens with one attached hydrogen (secondary N) is 2. The van der Waals surface area contributed by atoms with E-state index in [9.17, 15) is 14.7 Å². The molecule has 3 N–H and O–H groups in total. The second kappa shape index (κ2) is 12.9. The maximum absolute atomic E-state index is 13.1. The van der Waals surface area contributed by atoms with E-state index >= 15 is 0 Å². The minimum atomic E-state index is -0.371. The van der Waals surface area contributed by atoms with Crippen molar-refractivity contribution in [3.63, 3.8) is 0 Å². The SMILES string of the molecule is COc1ccc(C(=O)Nc2cccc(O)c2NC(=O)c2ccc(N3CCCN(CC4CC4)CC3)cc2)cc1.Cl. The Kier molecular flexibility index (Phi) is 9.32. The van der Waals surface area contributed by atoms with Crippen molar-refractivity contribution < 1.29 is 19.4 Å². The summed E-state index contributed by atoms with van der Waals surface area (Å²) in [7, 11) is 1.56. The highest BCUT2D eigenvalue weighted by molar-refractivity contribution is 6.11. The Balaban J connectivity index is 0.00000353. The van der Waals surface area contributed by atoms with Gasteiger partial charge in [0.2, 0.25) is 0 Å². The largest absolute Gasteiger partial charge is 0.506 e. The van der Waals surface area contributed by atoms with Crippen molar-refractivity contribution in [3.8, 4) is 11.5 Å². The fraction of sp³-hybridized carbons (Fsp3) is 0.333. The van der Waals surface area contributed by atoms with E-state index in [-0.39, 0.29) is 35.7 Å². The first-order valence-corrected chi connectivity index (χ1v) is 13.2. The first-order valence-electron chi connectivity index (χ1n) is 13.2. The molecule has 1 saturated carbocycles. The van der Waals surface area contributed by atoms with Gasteiger partial charge in [0.1, 0.15) is 17.2 Å². The third kappa shape index (κ3) is 7.22. The average molecular weight is 551 g/mol. The van der Waals surface area contributed by atoms with Crippen LogP contribution in [0.4, 0.5) is 17.1 Å². The zero-order chi connectivity index (χ0) is 26.5. The Labute approximate surface area is 235 Å². The molecule has 5 rings (SSSR count). The molecule has 0 atom stereocenters. The Morgan fingerprint density at radius 2 is 1.54 bits per heavy atom. The quantitative estimate of drug-likeness (QED) is 0.332. The van der Waals surface area contributed by atoms with Gasteiger partial charge >= 0.3 is 0 Å². The van der Waals surface area contributed by atoms with Gasteiger partial charge in [-0.2, -0.15) is 0 Å². The number of nitrogens with zero attached hydrogens (tertiary/aromatic N) is 2. The number of rotatable bonds is 8. The molecule has 9 heteroatoms. The van der Waals surface area contributed by atoms with Crippen molar-refractivity contribution >= 4 is 41.3 Å². The number of hydrogen-bond donors (Lipinski definition) is 3. The summed E-state index contributed by atoms with van der Waals surface area (Å²) in [6.07, 6.45) is 3.88. The van der Waals surface area contributed by atoms with E-state index in [1.54, 1.807) is 55.6 Å². The lowest BCUT2D eigenvalue weighted by atomic mass is 10.1. The second-order valence-corrected chi connectivity index (χ2v) is 9.97. The molecule has 1 aliphatic heterocycles. The number of phenols is 1. The van der Waals surface area contributed by atoms with E-state index in [0.29, 0.717) is 22.6 Å². The van der Waals surface area contributed by atoms with Crippen molar-refractivity contribution in [1.82, 2.24) is 4.90 Å². The normalized spacial score (nSPS) is 15.6. The maximum atomic E-state index is 13.1. The van der Waals surface area contributed by atoms with Crippen LogP contribution in [0.2, 0.25) is 0 Å². The van der Waals surface area contributed by atoms with Crippen LogP contribution in [0.3, 0.4) is 0 Å². The van der Waals surface area contributed by atoms with Gasteiger partial charge in [-0.25, -0.2) is 0 Å². The third-order valence-corrected chi connectivity index (χ3v) is 7.18. The van der Waals surface area contributed by atoms with Gasteiger partial charge < -0.3 is 30.3 Å². The molecule has 2 amide bonds. The molecule has 2 aliphatic rings. The van der Waals surface area contributed by atoms with Gasteiger partial charge in [0.25, 0.3) is 11.8 Å². The van der Waals surface area contributed by atoms with Crippen LogP contribution < -0.4 is 20.3 Å². The van der Waals surface area contributed by atoms with Crippen LogP contribution in [0.5, 0.6) is 11.5 Å². The molecule has 1 saturated heterocycles. The standard InChI is InChI=1S/C30H34N4O4.ClH/c1-38-25-14-10-23(11-15-25)29(36)31-26-4-2-5-27(35)28(26)32-30(37)22-8-12-24(13-9-22)34-17-3-16-33(18-19-34)20-21-6-7-21;/h2,4-5,8-15,21,35H,3,6-7,16-20H2,1H3,(H,31,36)(H,32,37);1H. The summed E-state index contributed by atoms with van der Waals surface area (Å²) >= 11 is 0. The topological polar surface area (TPSA) is 94.1 Å². The molecular weight excluding hydrogens is 516 g/mol. The number of anilines is 3. The van der Waals surface area contributed by atoms with E-state index in [1.807, 2.05) is 12.1 Å². The number of halogens is 1. The van der Waals surface area contributed by atoms with Gasteiger partial charge in [-0.3, -0.25) is 9.59 Å². The third-order valence-electron chi connectivity index (χ3n) is 7.18. The van der Waals surface area contributed by atoms with Gasteiger partial charge in [-0.15, -0.1) is 12.4 Å². The molecule has 206 valence electrons. The Morgan fingerprint density at radius 1 is 0.872 bits per heavy atom. The van der Waals surface area contributed by atoms with Gasteiger partial charge in [0.15, 0.2) is 0 Å². The monoisotopic (exact) mass is 550 g/mol. The summed E-state index contributed by atoms with van der Waals surface area (Å²) < 4.78 is 5.14. The molecule has 0 radical (unpaired) electrons. The lowest BCUT2D eigenvalue weighted by molar-refractivity contribution is 0.101. The lowest BCUT2D eigenvalue weighted by Crippen LogP contribution is -2.32. The summed E-state index contributed by atoms with van der Waals surface area (Å²) in [6, 6.07) is 18.9. The van der Waals surface area contributed by atoms with E-state index in [4.69, 9.17) is 4.74 Å². The summed E-state index contributed by atoms with van der Waals surface area (Å²) in [4.78, 5) is 30.8. The van der Waals surface area contributed by atoms with Gasteiger partial charge in [0.05, 0.1) is 12.8 Å². The summed E-state index contributed by atoms with van der Waals surface area (Å²) in [5.74, 6) is 0.669. The van der Waals surface area contributed by atoms with Crippen LogP contribution in [0.15, 0.2) is 66.7 Å². The number of amides is 2. The highest BCUT2D eigenvalue weighted by Gasteiger charge is 2.25. The van der Waals surface area contributed by atoms with Crippen molar-refractivity contribution in [1.29, 1.82) is 0 Å². The molecule has 39 heavy (non-hydrogen) atoms. The molecule has 0 aromatic heterocycles. The van der Waals surface area contributed by atoms with Crippen LogP contribution in [0.1, 0.15) is 40.0 Å².